The van der Waals surface area contributed by atoms with Crippen LogP contribution in [0.1, 0.15) is 5.56 Å². The second-order valence-corrected chi connectivity index (χ2v) is 6.60. The van der Waals surface area contributed by atoms with E-state index in [1.54, 1.807) is 42.5 Å². The largest absolute Gasteiger partial charge is 0.481 e. The van der Waals surface area contributed by atoms with E-state index in [1.807, 2.05) is 28.7 Å². The number of hydrogen-bond acceptors (Lipinski definition) is 4. The molecule has 2 aromatic rings. The summed E-state index contributed by atoms with van der Waals surface area (Å²) < 4.78 is 5.80. The third-order valence-corrected chi connectivity index (χ3v) is 4.18. The molecule has 2 N–H and O–H groups in total. The van der Waals surface area contributed by atoms with Crippen molar-refractivity contribution in [2.45, 2.75) is 0 Å². The average molecular weight is 483 g/mol. The molecule has 6 nitrogen and oxygen atoms in total. The van der Waals surface area contributed by atoms with Gasteiger partial charge in [0.05, 0.1) is 3.57 Å². The molecule has 0 saturated heterocycles. The van der Waals surface area contributed by atoms with Crippen LogP contribution < -0.4 is 10.1 Å². The van der Waals surface area contributed by atoms with E-state index in [-0.39, 0.29) is 5.57 Å². The molecule has 1 amide bonds. The Morgan fingerprint density at radius 1 is 1.27 bits per heavy atom. The first-order valence-corrected chi connectivity index (χ1v) is 8.67. The molecule has 0 radical (unpaired) electrons. The summed E-state index contributed by atoms with van der Waals surface area (Å²) in [6.45, 7) is -0.446. The summed E-state index contributed by atoms with van der Waals surface area (Å²) in [7, 11) is 0. The van der Waals surface area contributed by atoms with E-state index in [2.05, 4.69) is 5.32 Å². The number of ether oxygens (including phenoxy) is 1. The van der Waals surface area contributed by atoms with Gasteiger partial charge in [0.15, 0.2) is 6.61 Å². The third kappa shape index (κ3) is 5.75. The van der Waals surface area contributed by atoms with Gasteiger partial charge in [0.1, 0.15) is 17.4 Å². The number of amides is 1. The van der Waals surface area contributed by atoms with Crippen LogP contribution in [0.4, 0.5) is 5.69 Å². The second-order valence-electron chi connectivity index (χ2n) is 5.00. The van der Waals surface area contributed by atoms with Crippen LogP contribution in [-0.4, -0.2) is 23.6 Å². The highest BCUT2D eigenvalue weighted by Gasteiger charge is 2.11. The molecule has 0 aliphatic heterocycles. The number of halogens is 2. The number of aliphatic carboxylic acids is 1. The lowest BCUT2D eigenvalue weighted by atomic mass is 10.1. The normalized spacial score (nSPS) is 10.7. The summed E-state index contributed by atoms with van der Waals surface area (Å²) in [6.07, 6.45) is 1.44. The number of anilines is 1. The Morgan fingerprint density at radius 2 is 1.96 bits per heavy atom. The first-order valence-electron chi connectivity index (χ1n) is 7.22. The number of nitrogens with zero attached hydrogens (tertiary/aromatic N) is 1. The van der Waals surface area contributed by atoms with Crippen LogP contribution in [-0.2, 0) is 9.59 Å². The quantitative estimate of drug-likeness (QED) is 0.369. The van der Waals surface area contributed by atoms with Crippen LogP contribution in [0, 0.1) is 14.9 Å². The molecule has 0 heterocycles. The van der Waals surface area contributed by atoms with Crippen LogP contribution >= 0.6 is 34.2 Å². The fourth-order valence-corrected chi connectivity index (χ4v) is 2.73. The Labute approximate surface area is 168 Å². The van der Waals surface area contributed by atoms with Crippen molar-refractivity contribution < 1.29 is 19.4 Å². The molecule has 0 atom stereocenters. The maximum Gasteiger partial charge on any atom is 0.341 e. The Kier molecular flexibility index (Phi) is 7.00. The summed E-state index contributed by atoms with van der Waals surface area (Å²) in [5, 5.41) is 21.1. The fourth-order valence-electron chi connectivity index (χ4n) is 1.91. The lowest BCUT2D eigenvalue weighted by Gasteiger charge is -2.07. The smallest absolute Gasteiger partial charge is 0.341 e. The molecular weight excluding hydrogens is 471 g/mol. The Balaban J connectivity index is 2.15. The summed E-state index contributed by atoms with van der Waals surface area (Å²) in [5.41, 5.74) is 1.06. The molecule has 2 rings (SSSR count). The van der Waals surface area contributed by atoms with Crippen molar-refractivity contribution in [3.8, 4) is 11.8 Å². The van der Waals surface area contributed by atoms with Gasteiger partial charge in [-0.3, -0.25) is 4.79 Å². The molecule has 0 unspecified atom stereocenters. The number of nitrogens with one attached hydrogen (secondary N) is 1. The van der Waals surface area contributed by atoms with Gasteiger partial charge in [0, 0.05) is 10.7 Å². The minimum Gasteiger partial charge on any atom is -0.481 e. The summed E-state index contributed by atoms with van der Waals surface area (Å²) in [6, 6.07) is 13.3. The number of nitriles is 1. The summed E-state index contributed by atoms with van der Waals surface area (Å²) >= 11 is 7.78. The number of hydrogen-bond donors (Lipinski definition) is 2. The monoisotopic (exact) mass is 482 g/mol. The molecule has 0 spiro atoms. The third-order valence-electron chi connectivity index (χ3n) is 3.09. The minimum atomic E-state index is -1.07. The first kappa shape index (κ1) is 19.8. The zero-order chi connectivity index (χ0) is 19.1. The molecule has 0 aliphatic rings. The van der Waals surface area contributed by atoms with Gasteiger partial charge in [-0.2, -0.15) is 5.26 Å². The molecular formula is C18H12ClIN2O4. The SMILES string of the molecule is N#C/C(=C/c1ccc(OCC(=O)O)c(I)c1)C(=O)Nc1ccc(Cl)cc1. The molecule has 0 aliphatic carbocycles. The van der Waals surface area contributed by atoms with Crippen LogP contribution in [0.25, 0.3) is 6.08 Å². The number of carbonyl (C=O) groups excluding carboxylic acids is 1. The van der Waals surface area contributed by atoms with Crippen LogP contribution in [0.15, 0.2) is 48.0 Å². The van der Waals surface area contributed by atoms with E-state index >= 15 is 0 Å². The molecule has 8 heteroatoms. The van der Waals surface area contributed by atoms with Crippen molar-refractivity contribution in [2.75, 3.05) is 11.9 Å². The lowest BCUT2D eigenvalue weighted by Crippen LogP contribution is -2.13. The molecule has 0 saturated carbocycles. The zero-order valence-corrected chi connectivity index (χ0v) is 16.1. The molecule has 2 aromatic carbocycles. The van der Waals surface area contributed by atoms with E-state index in [9.17, 15) is 14.9 Å². The number of rotatable bonds is 6. The predicted octanol–water partition coefficient (Wildman–Crippen LogP) is 3.95. The van der Waals surface area contributed by atoms with Gasteiger partial charge in [-0.05, 0) is 70.6 Å². The minimum absolute atomic E-state index is 0.0741. The van der Waals surface area contributed by atoms with Crippen molar-refractivity contribution >= 4 is 57.8 Å². The van der Waals surface area contributed by atoms with E-state index in [1.165, 1.54) is 6.08 Å². The van der Waals surface area contributed by atoms with E-state index in [0.29, 0.717) is 25.6 Å². The Morgan fingerprint density at radius 3 is 2.54 bits per heavy atom. The Bertz CT molecular complexity index is 904. The molecule has 0 aromatic heterocycles. The summed E-state index contributed by atoms with van der Waals surface area (Å²) in [5.74, 6) is -1.21. The van der Waals surface area contributed by atoms with E-state index < -0.39 is 18.5 Å². The molecule has 0 bridgehead atoms. The second kappa shape index (κ2) is 9.22. The zero-order valence-electron chi connectivity index (χ0n) is 13.2. The number of carbonyl (C=O) groups is 2. The van der Waals surface area contributed by atoms with Gasteiger partial charge >= 0.3 is 5.97 Å². The Hall–Kier alpha value is -2.57. The maximum absolute atomic E-state index is 12.2. The van der Waals surface area contributed by atoms with Crippen LogP contribution in [0.3, 0.4) is 0 Å². The molecule has 26 heavy (non-hydrogen) atoms. The molecule has 132 valence electrons. The average Bonchev–Trinajstić information content (AvgIpc) is 2.60. The van der Waals surface area contributed by atoms with Crippen LogP contribution in [0.2, 0.25) is 5.02 Å². The lowest BCUT2D eigenvalue weighted by molar-refractivity contribution is -0.139. The van der Waals surface area contributed by atoms with Gasteiger partial charge < -0.3 is 15.2 Å². The van der Waals surface area contributed by atoms with Gasteiger partial charge in [0.2, 0.25) is 0 Å². The van der Waals surface area contributed by atoms with Gasteiger partial charge in [-0.15, -0.1) is 0 Å². The highest BCUT2D eigenvalue weighted by Crippen LogP contribution is 2.23. The predicted molar refractivity (Wildman–Crippen MR) is 106 cm³/mol. The number of carboxylic acids is 1. The molecule has 0 fully saturated rings. The van der Waals surface area contributed by atoms with E-state index in [0.717, 1.165) is 0 Å². The van der Waals surface area contributed by atoms with Gasteiger partial charge in [0.25, 0.3) is 5.91 Å². The van der Waals surface area contributed by atoms with Crippen molar-refractivity contribution in [1.29, 1.82) is 5.26 Å². The van der Waals surface area contributed by atoms with Crippen molar-refractivity contribution in [3.05, 3.63) is 62.2 Å². The van der Waals surface area contributed by atoms with Gasteiger partial charge in [-0.25, -0.2) is 4.79 Å². The highest BCUT2D eigenvalue weighted by molar-refractivity contribution is 14.1. The van der Waals surface area contributed by atoms with Crippen molar-refractivity contribution in [2.24, 2.45) is 0 Å². The number of carboxylic acid groups (broad SMARTS) is 1. The van der Waals surface area contributed by atoms with Crippen LogP contribution in [0.5, 0.6) is 5.75 Å². The van der Waals surface area contributed by atoms with Crippen molar-refractivity contribution in [1.82, 2.24) is 0 Å². The van der Waals surface area contributed by atoms with E-state index in [4.69, 9.17) is 21.4 Å². The summed E-state index contributed by atoms with van der Waals surface area (Å²) in [4.78, 5) is 22.8. The topological polar surface area (TPSA) is 99.4 Å². The fraction of sp³-hybridized carbons (Fsp3) is 0.0556. The van der Waals surface area contributed by atoms with Gasteiger partial charge in [-0.1, -0.05) is 17.7 Å². The first-order chi connectivity index (χ1) is 12.4. The highest BCUT2D eigenvalue weighted by atomic mass is 127. The van der Waals surface area contributed by atoms with Crippen molar-refractivity contribution in [3.63, 3.8) is 0 Å². The number of benzene rings is 2. The standard InChI is InChI=1S/C18H12ClIN2O4/c19-13-2-4-14(5-3-13)22-18(25)12(9-21)7-11-1-6-16(15(20)8-11)26-10-17(23)24/h1-8H,10H2,(H,22,25)(H,23,24)/b12-7-. The maximum atomic E-state index is 12.2.